The Labute approximate surface area is 67.0 Å². The number of aliphatic carboxylic acids is 1. The monoisotopic (exact) mass is 167 g/mol. The van der Waals surface area contributed by atoms with Gasteiger partial charge in [0.2, 0.25) is 0 Å². The van der Waals surface area contributed by atoms with Crippen LogP contribution in [0.4, 0.5) is 0 Å². The van der Waals surface area contributed by atoms with Gasteiger partial charge in [-0.2, -0.15) is 0 Å². The van der Waals surface area contributed by atoms with Crippen LogP contribution in [0.3, 0.4) is 0 Å². The molecule has 3 N–H and O–H groups in total. The molecule has 62 valence electrons. The number of rotatable bonds is 3. The summed E-state index contributed by atoms with van der Waals surface area (Å²) < 4.78 is 0. The Hall–Kier alpha value is -0.280. The highest BCUT2D eigenvalue weighted by Crippen LogP contribution is 2.04. The van der Waals surface area contributed by atoms with Crippen molar-refractivity contribution in [1.82, 2.24) is 0 Å². The number of carboxylic acid groups (broad SMARTS) is 1. The minimum atomic E-state index is -0.913. The highest BCUT2D eigenvalue weighted by atomic mass is 35.5. The molecule has 2 atom stereocenters. The van der Waals surface area contributed by atoms with E-state index in [0.717, 1.165) is 6.42 Å². The predicted molar refractivity (Wildman–Crippen MR) is 42.3 cm³/mol. The normalized spacial score (nSPS) is 15.1. The van der Waals surface area contributed by atoms with E-state index in [1.807, 2.05) is 13.8 Å². The van der Waals surface area contributed by atoms with Crippen LogP contribution in [0.25, 0.3) is 0 Å². The average molecular weight is 168 g/mol. The summed E-state index contributed by atoms with van der Waals surface area (Å²) in [5.74, 6) is -0.841. The van der Waals surface area contributed by atoms with Gasteiger partial charge < -0.3 is 10.8 Å². The first kappa shape index (κ1) is 12.4. The van der Waals surface area contributed by atoms with E-state index in [0.29, 0.717) is 0 Å². The lowest BCUT2D eigenvalue weighted by Gasteiger charge is -2.11. The van der Waals surface area contributed by atoms with Crippen LogP contribution < -0.4 is 5.73 Å². The summed E-state index contributed by atoms with van der Waals surface area (Å²) in [5.41, 5.74) is 5.27. The van der Waals surface area contributed by atoms with Crippen molar-refractivity contribution in [1.29, 1.82) is 0 Å². The molecule has 0 saturated carbocycles. The first-order valence-corrected chi connectivity index (χ1v) is 3.08. The number of halogens is 1. The van der Waals surface area contributed by atoms with Gasteiger partial charge in [0.25, 0.3) is 0 Å². The maximum atomic E-state index is 10.2. The molecule has 0 aromatic heterocycles. The van der Waals surface area contributed by atoms with Gasteiger partial charge in [0.15, 0.2) is 0 Å². The van der Waals surface area contributed by atoms with E-state index in [-0.39, 0.29) is 18.3 Å². The molecule has 0 heterocycles. The van der Waals surface area contributed by atoms with Crippen LogP contribution in [0.15, 0.2) is 0 Å². The highest BCUT2D eigenvalue weighted by molar-refractivity contribution is 5.85. The van der Waals surface area contributed by atoms with E-state index in [2.05, 4.69) is 0 Å². The Bertz CT molecular complexity index is 108. The van der Waals surface area contributed by atoms with Gasteiger partial charge in [-0.15, -0.1) is 12.4 Å². The van der Waals surface area contributed by atoms with Crippen LogP contribution in [0, 0.1) is 5.92 Å². The van der Waals surface area contributed by atoms with Crippen LogP contribution in [0.5, 0.6) is 0 Å². The molecule has 4 heteroatoms. The fourth-order valence-electron chi connectivity index (χ4n) is 0.497. The fraction of sp³-hybridized carbons (Fsp3) is 0.833. The lowest BCUT2D eigenvalue weighted by molar-refractivity contribution is -0.139. The molecular weight excluding hydrogens is 154 g/mol. The maximum absolute atomic E-state index is 10.2. The Kier molecular flexibility index (Phi) is 6.82. The minimum Gasteiger partial charge on any atom is -0.480 e. The lowest BCUT2D eigenvalue weighted by atomic mass is 10.0. The Balaban J connectivity index is 0. The van der Waals surface area contributed by atoms with Crippen molar-refractivity contribution in [2.24, 2.45) is 11.7 Å². The quantitative estimate of drug-likeness (QED) is 0.656. The zero-order chi connectivity index (χ0) is 7.44. The predicted octanol–water partition coefficient (Wildman–Crippen LogP) is 0.866. The van der Waals surface area contributed by atoms with E-state index >= 15 is 0 Å². The van der Waals surface area contributed by atoms with Gasteiger partial charge in [-0.05, 0) is 5.92 Å². The van der Waals surface area contributed by atoms with Crippen LogP contribution in [-0.2, 0) is 4.79 Å². The highest BCUT2D eigenvalue weighted by Gasteiger charge is 2.17. The summed E-state index contributed by atoms with van der Waals surface area (Å²) in [6.07, 6.45) is 0.813. The van der Waals surface area contributed by atoms with Crippen molar-refractivity contribution in [2.75, 3.05) is 0 Å². The van der Waals surface area contributed by atoms with E-state index < -0.39 is 12.0 Å². The number of hydrogen-bond acceptors (Lipinski definition) is 2. The molecular formula is C6H14ClNO2. The Morgan fingerprint density at radius 1 is 1.70 bits per heavy atom. The largest absolute Gasteiger partial charge is 0.480 e. The van der Waals surface area contributed by atoms with Gasteiger partial charge in [0.05, 0.1) is 0 Å². The van der Waals surface area contributed by atoms with E-state index in [4.69, 9.17) is 10.8 Å². The third-order valence-electron chi connectivity index (χ3n) is 1.54. The molecule has 0 saturated heterocycles. The lowest BCUT2D eigenvalue weighted by Crippen LogP contribution is -2.36. The molecule has 0 aliphatic rings. The van der Waals surface area contributed by atoms with Crippen molar-refractivity contribution in [2.45, 2.75) is 26.3 Å². The third kappa shape index (κ3) is 3.69. The Morgan fingerprint density at radius 2 is 2.10 bits per heavy atom. The molecule has 0 unspecified atom stereocenters. The summed E-state index contributed by atoms with van der Waals surface area (Å²) in [4.78, 5) is 10.2. The standard InChI is InChI=1S/C6H13NO2.ClH/c1-3-4(2)5(7)6(8)9;/h4-5H,3,7H2,1-2H3,(H,8,9);1H/t4-,5-;/m0./s1. The van der Waals surface area contributed by atoms with Crippen LogP contribution in [-0.4, -0.2) is 17.1 Å². The van der Waals surface area contributed by atoms with Crippen molar-refractivity contribution in [3.8, 4) is 0 Å². The van der Waals surface area contributed by atoms with Crippen molar-refractivity contribution in [3.63, 3.8) is 0 Å². The second-order valence-corrected chi connectivity index (χ2v) is 2.25. The molecule has 0 spiro atoms. The van der Waals surface area contributed by atoms with Crippen molar-refractivity contribution in [3.05, 3.63) is 0 Å². The van der Waals surface area contributed by atoms with Gasteiger partial charge >= 0.3 is 5.97 Å². The molecule has 10 heavy (non-hydrogen) atoms. The van der Waals surface area contributed by atoms with Crippen LogP contribution >= 0.6 is 12.4 Å². The fourth-order valence-corrected chi connectivity index (χ4v) is 0.497. The molecule has 0 bridgehead atoms. The van der Waals surface area contributed by atoms with E-state index in [9.17, 15) is 4.79 Å². The topological polar surface area (TPSA) is 63.3 Å². The van der Waals surface area contributed by atoms with Crippen molar-refractivity contribution < 1.29 is 9.90 Å². The van der Waals surface area contributed by atoms with Crippen LogP contribution in [0.1, 0.15) is 20.3 Å². The summed E-state index contributed by atoms with van der Waals surface area (Å²) in [5, 5.41) is 8.36. The second kappa shape index (κ2) is 5.50. The Morgan fingerprint density at radius 3 is 2.20 bits per heavy atom. The molecule has 0 amide bonds. The summed E-state index contributed by atoms with van der Waals surface area (Å²) in [7, 11) is 0. The van der Waals surface area contributed by atoms with E-state index in [1.54, 1.807) is 0 Å². The van der Waals surface area contributed by atoms with E-state index in [1.165, 1.54) is 0 Å². The zero-order valence-corrected chi connectivity index (χ0v) is 7.02. The first-order valence-electron chi connectivity index (χ1n) is 3.08. The van der Waals surface area contributed by atoms with Gasteiger partial charge in [-0.3, -0.25) is 4.79 Å². The molecule has 0 aliphatic carbocycles. The molecule has 3 nitrogen and oxygen atoms in total. The molecule has 0 aromatic carbocycles. The number of carbonyl (C=O) groups is 1. The molecule has 0 aromatic rings. The number of nitrogens with two attached hydrogens (primary N) is 1. The molecule has 0 rings (SSSR count). The van der Waals surface area contributed by atoms with Gasteiger partial charge in [0.1, 0.15) is 6.04 Å². The van der Waals surface area contributed by atoms with Crippen LogP contribution in [0.2, 0.25) is 0 Å². The van der Waals surface area contributed by atoms with Gasteiger partial charge in [-0.1, -0.05) is 20.3 Å². The molecule has 0 aliphatic heterocycles. The van der Waals surface area contributed by atoms with Crippen molar-refractivity contribution >= 4 is 18.4 Å². The third-order valence-corrected chi connectivity index (χ3v) is 1.54. The SMILES string of the molecule is CC[C@H](C)[C@H](N)C(=O)O.Cl. The number of hydrogen-bond donors (Lipinski definition) is 2. The zero-order valence-electron chi connectivity index (χ0n) is 6.20. The first-order chi connectivity index (χ1) is 4.09. The summed E-state index contributed by atoms with van der Waals surface area (Å²) in [6, 6.07) is -0.699. The second-order valence-electron chi connectivity index (χ2n) is 2.25. The van der Waals surface area contributed by atoms with Gasteiger partial charge in [-0.25, -0.2) is 0 Å². The smallest absolute Gasteiger partial charge is 0.320 e. The maximum Gasteiger partial charge on any atom is 0.320 e. The average Bonchev–Trinajstić information content (AvgIpc) is 1.84. The summed E-state index contributed by atoms with van der Waals surface area (Å²) in [6.45, 7) is 3.76. The minimum absolute atomic E-state index is 0. The van der Waals surface area contributed by atoms with Gasteiger partial charge in [0, 0.05) is 0 Å². The molecule has 0 fully saturated rings. The number of carboxylic acids is 1. The summed E-state index contributed by atoms with van der Waals surface area (Å²) >= 11 is 0. The molecule has 0 radical (unpaired) electrons.